The molecule has 0 aliphatic carbocycles. The van der Waals surface area contributed by atoms with Crippen LogP contribution in [0, 0.1) is 0 Å². The second-order valence-corrected chi connectivity index (χ2v) is 6.90. The quantitative estimate of drug-likeness (QED) is 0.364. The number of rotatable bonds is 2. The van der Waals surface area contributed by atoms with Crippen LogP contribution in [0.15, 0.2) is 71.7 Å². The molecule has 0 N–H and O–H groups in total. The van der Waals surface area contributed by atoms with Gasteiger partial charge in [-0.25, -0.2) is 19.0 Å². The Balaban J connectivity index is 0.000000162. The van der Waals surface area contributed by atoms with Crippen LogP contribution in [-0.2, 0) is 0 Å². The third-order valence-corrected chi connectivity index (χ3v) is 4.70. The highest BCUT2D eigenvalue weighted by molar-refractivity contribution is 9.10. The van der Waals surface area contributed by atoms with E-state index in [1.165, 1.54) is 0 Å². The minimum Gasteiger partial charge on any atom is -0.496 e. The van der Waals surface area contributed by atoms with Crippen LogP contribution in [0.5, 0.6) is 5.75 Å². The van der Waals surface area contributed by atoms with Gasteiger partial charge < -0.3 is 4.74 Å². The second kappa shape index (κ2) is 7.95. The summed E-state index contributed by atoms with van der Waals surface area (Å²) in [6, 6.07) is 13.2. The van der Waals surface area contributed by atoms with E-state index in [9.17, 15) is 0 Å². The Morgan fingerprint density at radius 2 is 1.79 bits per heavy atom. The molecule has 7 nitrogen and oxygen atoms in total. The van der Waals surface area contributed by atoms with Crippen LogP contribution < -0.4 is 4.74 Å². The van der Waals surface area contributed by atoms with Crippen LogP contribution >= 0.6 is 27.5 Å². The van der Waals surface area contributed by atoms with Gasteiger partial charge in [0.05, 0.1) is 29.7 Å². The van der Waals surface area contributed by atoms with Crippen molar-refractivity contribution < 1.29 is 4.74 Å². The fraction of sp³-hybridized carbons (Fsp3) is 0.0526. The summed E-state index contributed by atoms with van der Waals surface area (Å²) in [4.78, 5) is 8.59. The van der Waals surface area contributed by atoms with Crippen LogP contribution in [0.2, 0.25) is 5.15 Å². The van der Waals surface area contributed by atoms with Gasteiger partial charge in [-0.1, -0.05) is 23.7 Å². The maximum Gasteiger partial charge on any atom is 0.169 e. The van der Waals surface area contributed by atoms with E-state index in [1.54, 1.807) is 46.9 Å². The molecule has 28 heavy (non-hydrogen) atoms. The molecule has 0 aliphatic heterocycles. The van der Waals surface area contributed by atoms with Gasteiger partial charge in [0.25, 0.3) is 0 Å². The standard InChI is InChI=1S/C13H10BrN3O.C6H4ClN3/c1-18-12-5-3-2-4-9(12)11-6-7-17-13(16-11)10(14)8-15-17;7-5-2-4-10-6(9-5)1-3-8-10/h2-8H,1H3;1-4H. The van der Waals surface area contributed by atoms with Crippen LogP contribution in [0.4, 0.5) is 0 Å². The molecule has 0 fully saturated rings. The normalized spacial score (nSPS) is 10.7. The molecule has 0 saturated carbocycles. The summed E-state index contributed by atoms with van der Waals surface area (Å²) in [5, 5.41) is 8.62. The summed E-state index contributed by atoms with van der Waals surface area (Å²) in [7, 11) is 1.66. The smallest absolute Gasteiger partial charge is 0.169 e. The lowest BCUT2D eigenvalue weighted by atomic mass is 10.1. The lowest BCUT2D eigenvalue weighted by Gasteiger charge is -2.07. The monoisotopic (exact) mass is 456 g/mol. The molecular weight excluding hydrogens is 444 g/mol. The average molecular weight is 458 g/mol. The zero-order valence-electron chi connectivity index (χ0n) is 14.7. The fourth-order valence-corrected chi connectivity index (χ4v) is 3.14. The molecule has 0 aliphatic rings. The van der Waals surface area contributed by atoms with Crippen molar-refractivity contribution in [1.29, 1.82) is 0 Å². The van der Waals surface area contributed by atoms with Crippen LogP contribution in [0.25, 0.3) is 22.6 Å². The Kier molecular flexibility index (Phi) is 5.23. The van der Waals surface area contributed by atoms with Crippen molar-refractivity contribution in [2.24, 2.45) is 0 Å². The molecular formula is C19H14BrClN6O. The second-order valence-electron chi connectivity index (χ2n) is 5.66. The highest BCUT2D eigenvalue weighted by atomic mass is 79.9. The first-order chi connectivity index (χ1) is 13.7. The van der Waals surface area contributed by atoms with Gasteiger partial charge in [0.15, 0.2) is 11.3 Å². The molecule has 140 valence electrons. The molecule has 0 spiro atoms. The Labute approximate surface area is 173 Å². The minimum absolute atomic E-state index is 0.494. The van der Waals surface area contributed by atoms with E-state index in [0.717, 1.165) is 32.8 Å². The van der Waals surface area contributed by atoms with Gasteiger partial charge in [-0.05, 0) is 40.2 Å². The first-order valence-electron chi connectivity index (χ1n) is 8.25. The molecule has 0 amide bonds. The van der Waals surface area contributed by atoms with Gasteiger partial charge >= 0.3 is 0 Å². The SMILES string of the molecule is COc1ccccc1-c1ccn2ncc(Br)c2n1.Clc1ccn2nccc2n1. The predicted octanol–water partition coefficient (Wildman–Crippen LogP) is 4.55. The number of benzene rings is 1. The number of hydrogen-bond donors (Lipinski definition) is 0. The summed E-state index contributed by atoms with van der Waals surface area (Å²) in [5.41, 5.74) is 3.39. The van der Waals surface area contributed by atoms with E-state index in [1.807, 2.05) is 36.5 Å². The highest BCUT2D eigenvalue weighted by Crippen LogP contribution is 2.29. The summed E-state index contributed by atoms with van der Waals surface area (Å²) in [6.07, 6.45) is 7.06. The zero-order valence-corrected chi connectivity index (χ0v) is 17.0. The summed E-state index contributed by atoms with van der Waals surface area (Å²) in [5.74, 6) is 0.810. The predicted molar refractivity (Wildman–Crippen MR) is 111 cm³/mol. The van der Waals surface area contributed by atoms with Crippen LogP contribution in [0.3, 0.4) is 0 Å². The molecule has 0 unspecified atom stereocenters. The van der Waals surface area contributed by atoms with Gasteiger partial charge in [-0.2, -0.15) is 10.2 Å². The largest absolute Gasteiger partial charge is 0.496 e. The molecule has 5 rings (SSSR count). The third kappa shape index (κ3) is 3.69. The lowest BCUT2D eigenvalue weighted by Crippen LogP contribution is -1.94. The number of hydrogen-bond acceptors (Lipinski definition) is 5. The molecule has 5 aromatic rings. The number of aromatic nitrogens is 6. The molecule has 0 radical (unpaired) electrons. The fourth-order valence-electron chi connectivity index (χ4n) is 2.64. The van der Waals surface area contributed by atoms with E-state index in [-0.39, 0.29) is 0 Å². The van der Waals surface area contributed by atoms with Crippen molar-refractivity contribution in [3.05, 3.63) is 76.9 Å². The average Bonchev–Trinajstić information content (AvgIpc) is 3.34. The molecule has 0 saturated heterocycles. The Morgan fingerprint density at radius 1 is 0.964 bits per heavy atom. The van der Waals surface area contributed by atoms with E-state index in [2.05, 4.69) is 36.1 Å². The molecule has 4 heterocycles. The number of para-hydroxylation sites is 1. The molecule has 4 aromatic heterocycles. The van der Waals surface area contributed by atoms with Crippen molar-refractivity contribution in [3.8, 4) is 17.0 Å². The molecule has 1 aromatic carbocycles. The van der Waals surface area contributed by atoms with Gasteiger partial charge in [-0.15, -0.1) is 0 Å². The Bertz CT molecular complexity index is 1250. The maximum atomic E-state index is 5.62. The number of ether oxygens (including phenoxy) is 1. The first kappa shape index (κ1) is 18.4. The van der Waals surface area contributed by atoms with Crippen molar-refractivity contribution >= 4 is 38.8 Å². The van der Waals surface area contributed by atoms with Crippen LogP contribution in [0.1, 0.15) is 0 Å². The Hall–Kier alpha value is -2.97. The molecule has 0 atom stereocenters. The lowest BCUT2D eigenvalue weighted by molar-refractivity contribution is 0.416. The van der Waals surface area contributed by atoms with E-state index >= 15 is 0 Å². The summed E-state index contributed by atoms with van der Waals surface area (Å²) < 4.78 is 9.61. The molecule has 0 bridgehead atoms. The van der Waals surface area contributed by atoms with Crippen molar-refractivity contribution in [3.63, 3.8) is 0 Å². The van der Waals surface area contributed by atoms with Gasteiger partial charge in [0.1, 0.15) is 10.9 Å². The van der Waals surface area contributed by atoms with Crippen molar-refractivity contribution in [2.45, 2.75) is 0 Å². The maximum absolute atomic E-state index is 5.62. The first-order valence-corrected chi connectivity index (χ1v) is 9.42. The van der Waals surface area contributed by atoms with Crippen molar-refractivity contribution in [2.75, 3.05) is 7.11 Å². The van der Waals surface area contributed by atoms with Gasteiger partial charge in [0, 0.05) is 24.0 Å². The molecule has 9 heteroatoms. The van der Waals surface area contributed by atoms with Gasteiger partial charge in [-0.3, -0.25) is 0 Å². The summed E-state index contributed by atoms with van der Waals surface area (Å²) >= 11 is 9.06. The number of halogens is 2. The van der Waals surface area contributed by atoms with E-state index in [4.69, 9.17) is 16.3 Å². The minimum atomic E-state index is 0.494. The number of methoxy groups -OCH3 is 1. The van der Waals surface area contributed by atoms with E-state index in [0.29, 0.717) is 5.15 Å². The van der Waals surface area contributed by atoms with E-state index < -0.39 is 0 Å². The Morgan fingerprint density at radius 3 is 2.64 bits per heavy atom. The number of fused-ring (bicyclic) bond motifs is 2. The van der Waals surface area contributed by atoms with Crippen molar-refractivity contribution in [1.82, 2.24) is 29.2 Å². The summed E-state index contributed by atoms with van der Waals surface area (Å²) in [6.45, 7) is 0. The highest BCUT2D eigenvalue weighted by Gasteiger charge is 2.09. The number of nitrogens with zero attached hydrogens (tertiary/aromatic N) is 6. The van der Waals surface area contributed by atoms with Gasteiger partial charge in [0.2, 0.25) is 0 Å². The van der Waals surface area contributed by atoms with Crippen LogP contribution in [-0.4, -0.2) is 36.3 Å². The zero-order chi connectivity index (χ0) is 19.5. The third-order valence-electron chi connectivity index (χ3n) is 3.93. The topological polar surface area (TPSA) is 69.6 Å².